The van der Waals surface area contributed by atoms with Crippen LogP contribution in [0.15, 0.2) is 18.2 Å². The Kier molecular flexibility index (Phi) is 4.13. The molecular formula is C14H20ClFN2. The second-order valence-corrected chi connectivity index (χ2v) is 5.48. The molecule has 3 unspecified atom stereocenters. The zero-order valence-corrected chi connectivity index (χ0v) is 11.8. The van der Waals surface area contributed by atoms with Gasteiger partial charge in [-0.15, -0.1) is 0 Å². The largest absolute Gasteiger partial charge is 0.367 e. The number of halogens is 2. The molecule has 100 valence electrons. The summed E-state index contributed by atoms with van der Waals surface area (Å²) in [6.45, 7) is 5.39. The van der Waals surface area contributed by atoms with Gasteiger partial charge in [-0.05, 0) is 44.5 Å². The Bertz CT molecular complexity index is 424. The molecule has 1 aliphatic heterocycles. The molecule has 3 atom stereocenters. The summed E-state index contributed by atoms with van der Waals surface area (Å²) in [6, 6.07) is 5.57. The molecule has 2 rings (SSSR count). The molecule has 1 aliphatic rings. The minimum absolute atomic E-state index is 0.283. The van der Waals surface area contributed by atoms with Crippen LogP contribution in [0.1, 0.15) is 20.3 Å². The van der Waals surface area contributed by atoms with Crippen LogP contribution in [-0.2, 0) is 0 Å². The maximum Gasteiger partial charge on any atom is 0.124 e. The van der Waals surface area contributed by atoms with Gasteiger partial charge in [-0.2, -0.15) is 0 Å². The first-order valence-electron chi connectivity index (χ1n) is 6.43. The second kappa shape index (κ2) is 5.45. The van der Waals surface area contributed by atoms with E-state index in [-0.39, 0.29) is 5.82 Å². The Morgan fingerprint density at radius 2 is 2.11 bits per heavy atom. The highest BCUT2D eigenvalue weighted by Gasteiger charge is 2.32. The number of nitrogens with zero attached hydrogens (tertiary/aromatic N) is 1. The third kappa shape index (κ3) is 2.47. The van der Waals surface area contributed by atoms with Gasteiger partial charge in [-0.25, -0.2) is 4.39 Å². The summed E-state index contributed by atoms with van der Waals surface area (Å²) in [7, 11) is 2.01. The minimum Gasteiger partial charge on any atom is -0.367 e. The summed E-state index contributed by atoms with van der Waals surface area (Å²) in [6.07, 6.45) is 1.08. The fourth-order valence-corrected chi connectivity index (χ4v) is 3.10. The zero-order valence-electron chi connectivity index (χ0n) is 11.1. The highest BCUT2D eigenvalue weighted by Crippen LogP contribution is 2.33. The van der Waals surface area contributed by atoms with Gasteiger partial charge in [0.05, 0.1) is 10.7 Å². The van der Waals surface area contributed by atoms with E-state index in [1.807, 2.05) is 7.05 Å². The smallest absolute Gasteiger partial charge is 0.124 e. The molecular weight excluding hydrogens is 251 g/mol. The highest BCUT2D eigenvalue weighted by atomic mass is 35.5. The van der Waals surface area contributed by atoms with Crippen LogP contribution in [0, 0.1) is 11.7 Å². The van der Waals surface area contributed by atoms with Crippen molar-refractivity contribution >= 4 is 17.3 Å². The number of rotatable bonds is 2. The molecule has 1 N–H and O–H groups in total. The van der Waals surface area contributed by atoms with E-state index in [2.05, 4.69) is 24.1 Å². The van der Waals surface area contributed by atoms with E-state index in [0.717, 1.165) is 18.7 Å². The number of nitrogens with one attached hydrogen (secondary N) is 1. The molecule has 18 heavy (non-hydrogen) atoms. The van der Waals surface area contributed by atoms with Crippen LogP contribution in [0.5, 0.6) is 0 Å². The summed E-state index contributed by atoms with van der Waals surface area (Å²) in [5.74, 6) is 0.249. The number of hydrogen-bond donors (Lipinski definition) is 1. The molecule has 2 nitrogen and oxygen atoms in total. The van der Waals surface area contributed by atoms with Gasteiger partial charge in [0.2, 0.25) is 0 Å². The molecule has 0 aliphatic carbocycles. The molecule has 0 bridgehead atoms. The molecule has 0 aromatic heterocycles. The molecule has 0 spiro atoms. The number of anilines is 1. The number of piperidine rings is 1. The number of hydrogen-bond acceptors (Lipinski definition) is 2. The second-order valence-electron chi connectivity index (χ2n) is 5.07. The molecule has 1 fully saturated rings. The van der Waals surface area contributed by atoms with Crippen LogP contribution in [0.25, 0.3) is 0 Å². The van der Waals surface area contributed by atoms with Crippen molar-refractivity contribution in [3.63, 3.8) is 0 Å². The van der Waals surface area contributed by atoms with E-state index in [1.54, 1.807) is 6.07 Å². The first-order valence-corrected chi connectivity index (χ1v) is 6.81. The SMILES string of the molecule is CNC1CCN(c2ccc(F)cc2Cl)C(C)C1C. The van der Waals surface area contributed by atoms with Crippen LogP contribution in [0.3, 0.4) is 0 Å². The third-order valence-corrected chi connectivity index (χ3v) is 4.46. The van der Waals surface area contributed by atoms with Crippen LogP contribution in [0.2, 0.25) is 5.02 Å². The standard InChI is InChI=1S/C14H20ClFN2/c1-9-10(2)18(7-6-13(9)17-3)14-5-4-11(16)8-12(14)15/h4-5,8-10,13,17H,6-7H2,1-3H3. The lowest BCUT2D eigenvalue weighted by Crippen LogP contribution is -2.52. The van der Waals surface area contributed by atoms with E-state index in [9.17, 15) is 4.39 Å². The van der Waals surface area contributed by atoms with Gasteiger partial charge in [0.15, 0.2) is 0 Å². The maximum absolute atomic E-state index is 13.1. The fourth-order valence-electron chi connectivity index (χ4n) is 2.83. The van der Waals surface area contributed by atoms with Crippen molar-refractivity contribution < 1.29 is 4.39 Å². The first-order chi connectivity index (χ1) is 8.54. The van der Waals surface area contributed by atoms with Gasteiger partial charge in [-0.3, -0.25) is 0 Å². The van der Waals surface area contributed by atoms with Crippen LogP contribution in [-0.4, -0.2) is 25.7 Å². The fraction of sp³-hybridized carbons (Fsp3) is 0.571. The predicted octanol–water partition coefficient (Wildman–Crippen LogP) is 3.30. The third-order valence-electron chi connectivity index (χ3n) is 4.16. The summed E-state index contributed by atoms with van der Waals surface area (Å²) in [4.78, 5) is 2.28. The van der Waals surface area contributed by atoms with Crippen LogP contribution < -0.4 is 10.2 Å². The summed E-state index contributed by atoms with van der Waals surface area (Å²) in [5.41, 5.74) is 0.937. The van der Waals surface area contributed by atoms with Crippen molar-refractivity contribution in [1.82, 2.24) is 5.32 Å². The Balaban J connectivity index is 2.24. The van der Waals surface area contributed by atoms with Gasteiger partial charge in [0.1, 0.15) is 5.82 Å². The zero-order chi connectivity index (χ0) is 13.3. The lowest BCUT2D eigenvalue weighted by molar-refractivity contribution is 0.282. The van der Waals surface area contributed by atoms with E-state index in [0.29, 0.717) is 23.0 Å². The van der Waals surface area contributed by atoms with Crippen molar-refractivity contribution in [3.8, 4) is 0 Å². The van der Waals surface area contributed by atoms with Gasteiger partial charge in [0, 0.05) is 18.6 Å². The Morgan fingerprint density at radius 1 is 1.39 bits per heavy atom. The molecule has 1 heterocycles. The van der Waals surface area contributed by atoms with Crippen molar-refractivity contribution in [2.24, 2.45) is 5.92 Å². The summed E-state index contributed by atoms with van der Waals surface area (Å²) >= 11 is 6.15. The summed E-state index contributed by atoms with van der Waals surface area (Å²) in [5, 5.41) is 3.86. The van der Waals surface area contributed by atoms with Crippen molar-refractivity contribution in [3.05, 3.63) is 29.0 Å². The van der Waals surface area contributed by atoms with Crippen LogP contribution in [0.4, 0.5) is 10.1 Å². The quantitative estimate of drug-likeness (QED) is 0.887. The average Bonchev–Trinajstić information content (AvgIpc) is 2.34. The molecule has 1 aromatic carbocycles. The lowest BCUT2D eigenvalue weighted by Gasteiger charge is -2.44. The number of benzene rings is 1. The summed E-state index contributed by atoms with van der Waals surface area (Å²) < 4.78 is 13.1. The molecule has 4 heteroatoms. The minimum atomic E-state index is -0.283. The van der Waals surface area contributed by atoms with Gasteiger partial charge in [0.25, 0.3) is 0 Å². The first kappa shape index (κ1) is 13.6. The Morgan fingerprint density at radius 3 is 2.72 bits per heavy atom. The normalized spacial score (nSPS) is 28.5. The van der Waals surface area contributed by atoms with Gasteiger partial charge >= 0.3 is 0 Å². The Hall–Kier alpha value is -0.800. The van der Waals surface area contributed by atoms with E-state index < -0.39 is 0 Å². The average molecular weight is 271 g/mol. The van der Waals surface area contributed by atoms with Crippen molar-refractivity contribution in [2.45, 2.75) is 32.4 Å². The monoisotopic (exact) mass is 270 g/mol. The molecule has 0 amide bonds. The van der Waals surface area contributed by atoms with E-state index >= 15 is 0 Å². The van der Waals surface area contributed by atoms with E-state index in [4.69, 9.17) is 11.6 Å². The molecule has 1 aromatic rings. The highest BCUT2D eigenvalue weighted by molar-refractivity contribution is 6.33. The van der Waals surface area contributed by atoms with Crippen LogP contribution >= 0.6 is 11.6 Å². The molecule has 0 radical (unpaired) electrons. The Labute approximate surface area is 113 Å². The molecule has 1 saturated heterocycles. The van der Waals surface area contributed by atoms with Gasteiger partial charge in [-0.1, -0.05) is 18.5 Å². The lowest BCUT2D eigenvalue weighted by atomic mass is 9.87. The van der Waals surface area contributed by atoms with Crippen molar-refractivity contribution in [1.29, 1.82) is 0 Å². The molecule has 0 saturated carbocycles. The topological polar surface area (TPSA) is 15.3 Å². The predicted molar refractivity (Wildman–Crippen MR) is 74.8 cm³/mol. The van der Waals surface area contributed by atoms with Crippen molar-refractivity contribution in [2.75, 3.05) is 18.5 Å². The maximum atomic E-state index is 13.1. The van der Waals surface area contributed by atoms with E-state index in [1.165, 1.54) is 12.1 Å². The van der Waals surface area contributed by atoms with Gasteiger partial charge < -0.3 is 10.2 Å².